The lowest BCUT2D eigenvalue weighted by molar-refractivity contribution is 0.163. The molecule has 0 aromatic rings. The average Bonchev–Trinajstić information content (AvgIpc) is 2.36. The summed E-state index contributed by atoms with van der Waals surface area (Å²) in [6.45, 7) is 2.43. The Morgan fingerprint density at radius 1 is 1.37 bits per heavy atom. The van der Waals surface area contributed by atoms with Crippen molar-refractivity contribution in [3.05, 3.63) is 36.1 Å². The third kappa shape index (κ3) is 6.80. The number of nitrogens with zero attached hydrogens (tertiary/aromatic N) is 2. The zero-order chi connectivity index (χ0) is 14.1. The first kappa shape index (κ1) is 16.3. The van der Waals surface area contributed by atoms with Gasteiger partial charge in [-0.05, 0) is 36.8 Å². The number of oxime groups is 2. The highest BCUT2D eigenvalue weighted by molar-refractivity contribution is 9.09. The quantitative estimate of drug-likeness (QED) is 0.234. The molecule has 0 spiro atoms. The molecule has 0 heterocycles. The predicted molar refractivity (Wildman–Crippen MR) is 83.2 cm³/mol. The van der Waals surface area contributed by atoms with E-state index in [1.165, 1.54) is 12.3 Å². The summed E-state index contributed by atoms with van der Waals surface area (Å²) in [5.41, 5.74) is 2.35. The Morgan fingerprint density at radius 3 is 2.79 bits per heavy atom. The smallest absolute Gasteiger partial charge is 0.129 e. The fraction of sp³-hybridized carbons (Fsp3) is 0.333. The second-order valence-corrected chi connectivity index (χ2v) is 5.40. The first-order valence-electron chi connectivity index (χ1n) is 5.45. The molecular weight excluding hydrogens is 355 g/mol. The molecule has 0 bridgehead atoms. The van der Waals surface area contributed by atoms with Gasteiger partial charge < -0.3 is 9.68 Å². The summed E-state index contributed by atoms with van der Waals surface area (Å²) in [5.74, 6) is 0. The molecule has 104 valence electrons. The molecule has 1 aliphatic carbocycles. The first-order chi connectivity index (χ1) is 9.13. The Hall–Kier alpha value is -0.780. The maximum Gasteiger partial charge on any atom is 0.129 e. The van der Waals surface area contributed by atoms with Gasteiger partial charge in [0.1, 0.15) is 29.1 Å². The van der Waals surface area contributed by atoms with E-state index in [1.54, 1.807) is 12.2 Å². The molecule has 0 saturated heterocycles. The Bertz CT molecular complexity index is 443. The van der Waals surface area contributed by atoms with Crippen molar-refractivity contribution in [1.29, 1.82) is 0 Å². The van der Waals surface area contributed by atoms with Crippen molar-refractivity contribution < 1.29 is 9.68 Å². The molecule has 0 unspecified atom stereocenters. The predicted octanol–water partition coefficient (Wildman–Crippen LogP) is 3.96. The summed E-state index contributed by atoms with van der Waals surface area (Å²) in [7, 11) is 0. The lowest BCUT2D eigenvalue weighted by atomic mass is 10.0. The van der Waals surface area contributed by atoms with Crippen molar-refractivity contribution in [2.45, 2.75) is 11.8 Å². The zero-order valence-electron chi connectivity index (χ0n) is 10.2. The first-order valence-corrected chi connectivity index (χ1v) is 7.44. The highest BCUT2D eigenvalue weighted by Gasteiger charge is 2.07. The fourth-order valence-corrected chi connectivity index (χ4v) is 1.40. The van der Waals surface area contributed by atoms with Crippen molar-refractivity contribution >= 4 is 50.6 Å². The summed E-state index contributed by atoms with van der Waals surface area (Å²) in [6, 6.07) is 0. The van der Waals surface area contributed by atoms with E-state index in [-0.39, 0.29) is 0 Å². The van der Waals surface area contributed by atoms with E-state index in [1.807, 2.05) is 13.0 Å². The topological polar surface area (TPSA) is 43.2 Å². The number of alkyl halides is 3. The van der Waals surface area contributed by atoms with Gasteiger partial charge in [0.05, 0.1) is 0 Å². The van der Waals surface area contributed by atoms with Crippen LogP contribution < -0.4 is 0 Å². The van der Waals surface area contributed by atoms with Crippen molar-refractivity contribution in [2.24, 2.45) is 10.3 Å². The van der Waals surface area contributed by atoms with Crippen LogP contribution in [0.5, 0.6) is 0 Å². The average molecular weight is 368 g/mol. The van der Waals surface area contributed by atoms with Crippen molar-refractivity contribution in [1.82, 2.24) is 0 Å². The van der Waals surface area contributed by atoms with Gasteiger partial charge in [-0.25, -0.2) is 0 Å². The number of hydrogen-bond acceptors (Lipinski definition) is 4. The molecular formula is C12H13BrCl2N2O2. The second kappa shape index (κ2) is 9.18. The van der Waals surface area contributed by atoms with Crippen LogP contribution >= 0.6 is 39.1 Å². The van der Waals surface area contributed by atoms with E-state index in [0.717, 1.165) is 16.6 Å². The van der Waals surface area contributed by atoms with Crippen molar-refractivity contribution in [3.8, 4) is 0 Å². The van der Waals surface area contributed by atoms with Gasteiger partial charge in [0.15, 0.2) is 0 Å². The summed E-state index contributed by atoms with van der Waals surface area (Å²) in [4.78, 5) is 9.41. The largest absolute Gasteiger partial charge is 0.394 e. The van der Waals surface area contributed by atoms with Crippen LogP contribution in [0.25, 0.3) is 0 Å². The second-order valence-electron chi connectivity index (χ2n) is 3.44. The molecule has 0 aromatic heterocycles. The van der Waals surface area contributed by atoms with Gasteiger partial charge >= 0.3 is 0 Å². The summed E-state index contributed by atoms with van der Waals surface area (Å²) < 4.78 is 0. The molecule has 0 N–H and O–H groups in total. The molecule has 0 atom stereocenters. The summed E-state index contributed by atoms with van der Waals surface area (Å²) >= 11 is 14.3. The molecule has 1 aliphatic rings. The van der Waals surface area contributed by atoms with Gasteiger partial charge in [-0.3, -0.25) is 0 Å². The monoisotopic (exact) mass is 366 g/mol. The van der Waals surface area contributed by atoms with E-state index in [4.69, 9.17) is 32.9 Å². The maximum atomic E-state index is 5.50. The molecule has 0 aliphatic heterocycles. The molecule has 4 nitrogen and oxygen atoms in total. The number of rotatable bonds is 6. The lowest BCUT2D eigenvalue weighted by Crippen LogP contribution is -2.07. The van der Waals surface area contributed by atoms with Crippen LogP contribution in [-0.4, -0.2) is 28.2 Å². The molecule has 0 fully saturated rings. The highest BCUT2D eigenvalue weighted by atomic mass is 79.9. The van der Waals surface area contributed by atoms with Gasteiger partial charge in [-0.15, -0.1) is 23.2 Å². The van der Waals surface area contributed by atoms with E-state index < -0.39 is 4.84 Å². The number of hydrogen-bond donors (Lipinski definition) is 0. The van der Waals surface area contributed by atoms with E-state index in [2.05, 4.69) is 26.2 Å². The minimum Gasteiger partial charge on any atom is -0.394 e. The molecule has 0 saturated carbocycles. The normalized spacial score (nSPS) is 19.5. The van der Waals surface area contributed by atoms with Crippen molar-refractivity contribution in [3.63, 3.8) is 0 Å². The van der Waals surface area contributed by atoms with Crippen LogP contribution in [0.1, 0.15) is 6.92 Å². The van der Waals surface area contributed by atoms with Crippen LogP contribution in [0.2, 0.25) is 0 Å². The molecule has 19 heavy (non-hydrogen) atoms. The SMILES string of the molecule is CC1=CC(=NOCCBr)C=CC1=NOC=CC(Cl)Cl. The Morgan fingerprint density at radius 2 is 2.16 bits per heavy atom. The molecule has 0 aromatic carbocycles. The minimum atomic E-state index is -0.607. The molecule has 1 rings (SSSR count). The minimum absolute atomic E-state index is 0.525. The van der Waals surface area contributed by atoms with E-state index >= 15 is 0 Å². The van der Waals surface area contributed by atoms with Crippen LogP contribution in [0.4, 0.5) is 0 Å². The summed E-state index contributed by atoms with van der Waals surface area (Å²) in [6.07, 6.45) is 8.24. The zero-order valence-corrected chi connectivity index (χ0v) is 13.3. The third-order valence-electron chi connectivity index (χ3n) is 1.95. The Balaban J connectivity index is 2.57. The van der Waals surface area contributed by atoms with Gasteiger partial charge in [0, 0.05) is 5.33 Å². The van der Waals surface area contributed by atoms with Gasteiger partial charge in [0.2, 0.25) is 0 Å². The van der Waals surface area contributed by atoms with E-state index in [9.17, 15) is 0 Å². The van der Waals surface area contributed by atoms with Gasteiger partial charge in [0.25, 0.3) is 0 Å². The fourth-order valence-electron chi connectivity index (χ4n) is 1.14. The number of allylic oxidation sites excluding steroid dienone is 5. The summed E-state index contributed by atoms with van der Waals surface area (Å²) in [5, 5.41) is 8.62. The Kier molecular flexibility index (Phi) is 7.86. The molecule has 7 heteroatoms. The molecule has 0 amide bonds. The van der Waals surface area contributed by atoms with Gasteiger partial charge in [-0.1, -0.05) is 26.2 Å². The van der Waals surface area contributed by atoms with Crippen LogP contribution in [0, 0.1) is 0 Å². The maximum absolute atomic E-state index is 5.50. The van der Waals surface area contributed by atoms with Crippen LogP contribution in [0.15, 0.2) is 46.5 Å². The number of halogens is 3. The molecule has 0 radical (unpaired) electrons. The van der Waals surface area contributed by atoms with Crippen LogP contribution in [0.3, 0.4) is 0 Å². The standard InChI is InChI=1S/C12H13BrCl2N2O2/c1-9-8-10(16-19-7-5-13)2-3-11(9)17-18-6-4-12(14)15/h2-4,6,8,12H,5,7H2,1H3. The Labute approximate surface area is 130 Å². The lowest BCUT2D eigenvalue weighted by Gasteiger charge is -2.06. The van der Waals surface area contributed by atoms with Crippen molar-refractivity contribution in [2.75, 3.05) is 11.9 Å². The third-order valence-corrected chi connectivity index (χ3v) is 2.57. The van der Waals surface area contributed by atoms with Crippen LogP contribution in [-0.2, 0) is 9.68 Å². The van der Waals surface area contributed by atoms with E-state index in [0.29, 0.717) is 12.3 Å². The van der Waals surface area contributed by atoms with Gasteiger partial charge in [-0.2, -0.15) is 0 Å². The highest BCUT2D eigenvalue weighted by Crippen LogP contribution is 2.08.